The molecule has 0 heterocycles. The van der Waals surface area contributed by atoms with Gasteiger partial charge in [-0.25, -0.2) is 12.8 Å². The SMILES string of the molecule is CCOCCN(C)S(=O)(=O)c1cccc(F)c1CN. The average molecular weight is 290 g/mol. The lowest BCUT2D eigenvalue weighted by Gasteiger charge is -2.19. The Bertz CT molecular complexity index is 520. The zero-order chi connectivity index (χ0) is 14.5. The Morgan fingerprint density at radius 2 is 2.11 bits per heavy atom. The second-order valence-corrected chi connectivity index (χ2v) is 5.96. The zero-order valence-corrected chi connectivity index (χ0v) is 11.9. The molecule has 0 unspecified atom stereocenters. The van der Waals surface area contributed by atoms with Crippen molar-refractivity contribution in [2.45, 2.75) is 18.4 Å². The third kappa shape index (κ3) is 3.73. The van der Waals surface area contributed by atoms with Crippen LogP contribution < -0.4 is 5.73 Å². The number of sulfonamides is 1. The molecule has 0 aliphatic carbocycles. The summed E-state index contributed by atoms with van der Waals surface area (Å²) in [4.78, 5) is -0.0889. The number of halogens is 1. The molecule has 7 heteroatoms. The first-order valence-electron chi connectivity index (χ1n) is 5.96. The van der Waals surface area contributed by atoms with Crippen molar-refractivity contribution in [3.05, 3.63) is 29.6 Å². The molecule has 0 fully saturated rings. The summed E-state index contributed by atoms with van der Waals surface area (Å²) in [5.74, 6) is -0.609. The van der Waals surface area contributed by atoms with Crippen LogP contribution in [0.3, 0.4) is 0 Å². The number of hydrogen-bond donors (Lipinski definition) is 1. The molecule has 0 saturated carbocycles. The van der Waals surface area contributed by atoms with Crippen LogP contribution in [0.4, 0.5) is 4.39 Å². The number of rotatable bonds is 7. The van der Waals surface area contributed by atoms with Crippen molar-refractivity contribution < 1.29 is 17.5 Å². The van der Waals surface area contributed by atoms with Gasteiger partial charge in [0.05, 0.1) is 11.5 Å². The zero-order valence-electron chi connectivity index (χ0n) is 11.1. The Morgan fingerprint density at radius 1 is 1.42 bits per heavy atom. The van der Waals surface area contributed by atoms with Crippen LogP contribution >= 0.6 is 0 Å². The number of benzene rings is 1. The lowest BCUT2D eigenvalue weighted by Crippen LogP contribution is -2.31. The van der Waals surface area contributed by atoms with Crippen LogP contribution in [0.5, 0.6) is 0 Å². The normalized spacial score (nSPS) is 12.1. The van der Waals surface area contributed by atoms with E-state index in [4.69, 9.17) is 10.5 Å². The fourth-order valence-corrected chi connectivity index (χ4v) is 3.00. The molecule has 0 aromatic heterocycles. The molecule has 108 valence electrons. The molecule has 0 spiro atoms. The fourth-order valence-electron chi connectivity index (χ4n) is 1.60. The van der Waals surface area contributed by atoms with E-state index in [1.165, 1.54) is 25.2 Å². The predicted octanol–water partition coefficient (Wildman–Crippen LogP) is 0.941. The van der Waals surface area contributed by atoms with E-state index >= 15 is 0 Å². The summed E-state index contributed by atoms with van der Waals surface area (Å²) in [5, 5.41) is 0. The van der Waals surface area contributed by atoms with E-state index in [0.717, 1.165) is 4.31 Å². The Hall–Kier alpha value is -1.02. The van der Waals surface area contributed by atoms with Crippen molar-refractivity contribution in [2.24, 2.45) is 5.73 Å². The van der Waals surface area contributed by atoms with Gasteiger partial charge in [0.15, 0.2) is 0 Å². The third-order valence-corrected chi connectivity index (χ3v) is 4.66. The fraction of sp³-hybridized carbons (Fsp3) is 0.500. The van der Waals surface area contributed by atoms with Crippen molar-refractivity contribution in [2.75, 3.05) is 26.8 Å². The maximum atomic E-state index is 13.6. The van der Waals surface area contributed by atoms with Crippen molar-refractivity contribution in [3.63, 3.8) is 0 Å². The Kier molecular flexibility index (Phi) is 5.86. The van der Waals surface area contributed by atoms with E-state index in [1.54, 1.807) is 0 Å². The van der Waals surface area contributed by atoms with Crippen molar-refractivity contribution in [1.82, 2.24) is 4.31 Å². The second-order valence-electron chi connectivity index (χ2n) is 3.94. The van der Waals surface area contributed by atoms with Crippen LogP contribution in [-0.2, 0) is 21.3 Å². The summed E-state index contributed by atoms with van der Waals surface area (Å²) in [6.45, 7) is 2.67. The monoisotopic (exact) mass is 290 g/mol. The molecular formula is C12H19FN2O3S. The Balaban J connectivity index is 3.03. The highest BCUT2D eigenvalue weighted by atomic mass is 32.2. The molecule has 1 aromatic rings. The maximum Gasteiger partial charge on any atom is 0.243 e. The van der Waals surface area contributed by atoms with Crippen LogP contribution in [0.1, 0.15) is 12.5 Å². The Labute approximate surface area is 113 Å². The molecule has 0 atom stereocenters. The minimum absolute atomic E-state index is 0.00533. The molecule has 1 rings (SSSR count). The largest absolute Gasteiger partial charge is 0.380 e. The van der Waals surface area contributed by atoms with Gasteiger partial charge >= 0.3 is 0 Å². The molecular weight excluding hydrogens is 271 g/mol. The van der Waals surface area contributed by atoms with Crippen LogP contribution in [-0.4, -0.2) is 39.5 Å². The summed E-state index contributed by atoms with van der Waals surface area (Å²) in [7, 11) is -2.32. The molecule has 5 nitrogen and oxygen atoms in total. The predicted molar refractivity (Wildman–Crippen MR) is 70.6 cm³/mol. The van der Waals surface area contributed by atoms with Gasteiger partial charge in [-0.3, -0.25) is 0 Å². The molecule has 0 bridgehead atoms. The van der Waals surface area contributed by atoms with Gasteiger partial charge in [0.25, 0.3) is 0 Å². The van der Waals surface area contributed by atoms with Gasteiger partial charge in [-0.2, -0.15) is 4.31 Å². The molecule has 0 amide bonds. The summed E-state index contributed by atoms with van der Waals surface area (Å²) in [5.41, 5.74) is 5.43. The Morgan fingerprint density at radius 3 is 2.68 bits per heavy atom. The summed E-state index contributed by atoms with van der Waals surface area (Å²) < 4.78 is 44.4. The first kappa shape index (κ1) is 16.0. The molecule has 0 radical (unpaired) electrons. The maximum absolute atomic E-state index is 13.6. The van der Waals surface area contributed by atoms with Crippen LogP contribution in [0.25, 0.3) is 0 Å². The number of nitrogens with two attached hydrogens (primary N) is 1. The van der Waals surface area contributed by atoms with E-state index in [2.05, 4.69) is 0 Å². The van der Waals surface area contributed by atoms with E-state index in [1.807, 2.05) is 6.92 Å². The number of ether oxygens (including phenoxy) is 1. The van der Waals surface area contributed by atoms with E-state index in [-0.39, 0.29) is 23.5 Å². The van der Waals surface area contributed by atoms with Gasteiger partial charge in [-0.1, -0.05) is 6.07 Å². The molecule has 0 aliphatic heterocycles. The molecule has 2 N–H and O–H groups in total. The number of likely N-dealkylation sites (N-methyl/N-ethyl adjacent to an activating group) is 1. The van der Waals surface area contributed by atoms with E-state index < -0.39 is 15.8 Å². The molecule has 0 aliphatic rings. The summed E-state index contributed by atoms with van der Waals surface area (Å²) >= 11 is 0. The minimum Gasteiger partial charge on any atom is -0.380 e. The summed E-state index contributed by atoms with van der Waals surface area (Å²) in [6, 6.07) is 3.91. The highest BCUT2D eigenvalue weighted by Gasteiger charge is 2.24. The highest BCUT2D eigenvalue weighted by Crippen LogP contribution is 2.21. The number of hydrogen-bond acceptors (Lipinski definition) is 4. The van der Waals surface area contributed by atoms with Crippen LogP contribution in [0, 0.1) is 5.82 Å². The van der Waals surface area contributed by atoms with Gasteiger partial charge in [0.2, 0.25) is 10.0 Å². The molecule has 1 aromatic carbocycles. The smallest absolute Gasteiger partial charge is 0.243 e. The lowest BCUT2D eigenvalue weighted by atomic mass is 10.2. The van der Waals surface area contributed by atoms with Crippen molar-refractivity contribution in [1.29, 1.82) is 0 Å². The van der Waals surface area contributed by atoms with Crippen molar-refractivity contribution in [3.8, 4) is 0 Å². The van der Waals surface area contributed by atoms with Gasteiger partial charge in [-0.05, 0) is 19.1 Å². The lowest BCUT2D eigenvalue weighted by molar-refractivity contribution is 0.138. The molecule has 19 heavy (non-hydrogen) atoms. The van der Waals surface area contributed by atoms with E-state index in [0.29, 0.717) is 13.2 Å². The summed E-state index contributed by atoms with van der Waals surface area (Å²) in [6.07, 6.45) is 0. The topological polar surface area (TPSA) is 72.6 Å². The van der Waals surface area contributed by atoms with Gasteiger partial charge in [0, 0.05) is 32.3 Å². The second kappa shape index (κ2) is 6.95. The van der Waals surface area contributed by atoms with Gasteiger partial charge < -0.3 is 10.5 Å². The van der Waals surface area contributed by atoms with Crippen LogP contribution in [0.15, 0.2) is 23.1 Å². The average Bonchev–Trinajstić information content (AvgIpc) is 2.38. The standard InChI is InChI=1S/C12H19FN2O3S/c1-3-18-8-7-15(2)19(16,17)12-6-4-5-11(13)10(12)9-14/h4-6H,3,7-9,14H2,1-2H3. The number of nitrogens with zero attached hydrogens (tertiary/aromatic N) is 1. The van der Waals surface area contributed by atoms with Crippen molar-refractivity contribution >= 4 is 10.0 Å². The molecule has 0 saturated heterocycles. The van der Waals surface area contributed by atoms with E-state index in [9.17, 15) is 12.8 Å². The van der Waals surface area contributed by atoms with Crippen LogP contribution in [0.2, 0.25) is 0 Å². The third-order valence-electron chi connectivity index (χ3n) is 2.72. The van der Waals surface area contributed by atoms with Gasteiger partial charge in [0.1, 0.15) is 5.82 Å². The highest BCUT2D eigenvalue weighted by molar-refractivity contribution is 7.89. The van der Waals surface area contributed by atoms with Gasteiger partial charge in [-0.15, -0.1) is 0 Å². The first-order chi connectivity index (χ1) is 8.95. The first-order valence-corrected chi connectivity index (χ1v) is 7.40. The quantitative estimate of drug-likeness (QED) is 0.759. The minimum atomic E-state index is -3.75.